The third-order valence-corrected chi connectivity index (χ3v) is 5.57. The zero-order chi connectivity index (χ0) is 11.9. The number of thiophene rings is 1. The van der Waals surface area contributed by atoms with E-state index in [2.05, 4.69) is 47.0 Å². The van der Waals surface area contributed by atoms with Crippen molar-refractivity contribution in [3.05, 3.63) is 14.3 Å². The third kappa shape index (κ3) is 2.35. The first kappa shape index (κ1) is 12.2. The Morgan fingerprint density at radius 3 is 2.56 bits per heavy atom. The number of hydrogen-bond donors (Lipinski definition) is 2. The van der Waals surface area contributed by atoms with E-state index in [1.807, 2.05) is 0 Å². The lowest BCUT2D eigenvalue weighted by molar-refractivity contribution is 0.589. The van der Waals surface area contributed by atoms with Gasteiger partial charge in [-0.3, -0.25) is 0 Å². The lowest BCUT2D eigenvalue weighted by atomic mass is 10.4. The smallest absolute Gasteiger partial charge is 0.248 e. The number of halogens is 2. The fourth-order valence-electron chi connectivity index (χ4n) is 0.941. The summed E-state index contributed by atoms with van der Waals surface area (Å²) in [4.78, 5) is 4.52. The Balaban J connectivity index is 2.47. The largest absolute Gasteiger partial charge is 0.273 e. The molecule has 3 N–H and O–H groups in total. The molecule has 0 spiro atoms. The molecule has 0 aliphatic rings. The van der Waals surface area contributed by atoms with E-state index in [0.29, 0.717) is 5.82 Å². The summed E-state index contributed by atoms with van der Waals surface area (Å²) >= 11 is 8.02. The standard InChI is InChI=1S/C6H4Br2N4O2S2/c7-2-1-3(15-4(2)8)5-10-6(12-11-5)16(9,13)14/h1H,(H2,9,13,14)(H,10,11,12). The van der Waals surface area contributed by atoms with Crippen LogP contribution in [0.3, 0.4) is 0 Å². The number of nitrogens with one attached hydrogen (secondary N) is 1. The Kier molecular flexibility index (Phi) is 3.18. The highest BCUT2D eigenvalue weighted by Crippen LogP contribution is 2.36. The second-order valence-electron chi connectivity index (χ2n) is 2.74. The molecule has 2 aromatic heterocycles. The van der Waals surface area contributed by atoms with Gasteiger partial charge in [0.15, 0.2) is 5.82 Å². The van der Waals surface area contributed by atoms with Crippen molar-refractivity contribution in [3.8, 4) is 10.7 Å². The highest BCUT2D eigenvalue weighted by molar-refractivity contribution is 9.13. The van der Waals surface area contributed by atoms with Crippen molar-refractivity contribution < 1.29 is 8.42 Å². The first-order chi connectivity index (χ1) is 7.38. The van der Waals surface area contributed by atoms with Crippen LogP contribution in [0.25, 0.3) is 10.7 Å². The first-order valence-electron chi connectivity index (χ1n) is 3.78. The van der Waals surface area contributed by atoms with Gasteiger partial charge < -0.3 is 0 Å². The molecule has 0 aromatic carbocycles. The summed E-state index contributed by atoms with van der Waals surface area (Å²) in [5.74, 6) is 0.292. The minimum atomic E-state index is -3.84. The van der Waals surface area contributed by atoms with Crippen LogP contribution in [0.5, 0.6) is 0 Å². The van der Waals surface area contributed by atoms with Crippen molar-refractivity contribution in [1.82, 2.24) is 15.2 Å². The van der Waals surface area contributed by atoms with Crippen molar-refractivity contribution in [2.45, 2.75) is 5.16 Å². The van der Waals surface area contributed by atoms with E-state index in [9.17, 15) is 8.42 Å². The quantitative estimate of drug-likeness (QED) is 0.818. The van der Waals surface area contributed by atoms with E-state index in [1.54, 1.807) is 6.07 Å². The Hall–Kier alpha value is -0.290. The molecule has 0 aliphatic carbocycles. The Morgan fingerprint density at radius 1 is 1.44 bits per heavy atom. The molecule has 2 rings (SSSR count). The molecule has 0 atom stereocenters. The normalized spacial score (nSPS) is 11.9. The topological polar surface area (TPSA) is 102 Å². The zero-order valence-corrected chi connectivity index (χ0v) is 12.2. The molecule has 2 heterocycles. The van der Waals surface area contributed by atoms with Gasteiger partial charge in [-0.15, -0.1) is 11.3 Å². The maximum absolute atomic E-state index is 11.0. The number of H-pyrrole nitrogens is 1. The van der Waals surface area contributed by atoms with E-state index >= 15 is 0 Å². The molecule has 2 aromatic rings. The molecule has 0 unspecified atom stereocenters. The molecule has 6 nitrogen and oxygen atoms in total. The lowest BCUT2D eigenvalue weighted by Crippen LogP contribution is -2.13. The summed E-state index contributed by atoms with van der Waals surface area (Å²) in [7, 11) is -3.84. The maximum atomic E-state index is 11.0. The van der Waals surface area contributed by atoms with Gasteiger partial charge in [0.05, 0.1) is 8.66 Å². The first-order valence-corrected chi connectivity index (χ1v) is 7.73. The molecule has 0 aliphatic heterocycles. The fourth-order valence-corrected chi connectivity index (χ4v) is 3.30. The average molecular weight is 388 g/mol. The summed E-state index contributed by atoms with van der Waals surface area (Å²) in [6, 6.07) is 1.78. The van der Waals surface area contributed by atoms with E-state index in [-0.39, 0.29) is 5.16 Å². The van der Waals surface area contributed by atoms with Crippen molar-refractivity contribution >= 4 is 53.2 Å². The SMILES string of the molecule is NS(=O)(=O)c1nc(-c2cc(Br)c(Br)s2)n[nH]1. The van der Waals surface area contributed by atoms with Gasteiger partial charge in [-0.1, -0.05) is 0 Å². The number of hydrogen-bond acceptors (Lipinski definition) is 5. The zero-order valence-electron chi connectivity index (χ0n) is 7.44. The molecular weight excluding hydrogens is 384 g/mol. The van der Waals surface area contributed by atoms with Gasteiger partial charge in [-0.2, -0.15) is 10.1 Å². The summed E-state index contributed by atoms with van der Waals surface area (Å²) < 4.78 is 23.7. The molecule has 10 heteroatoms. The van der Waals surface area contributed by atoms with Gasteiger partial charge in [0.25, 0.3) is 15.2 Å². The molecule has 0 radical (unpaired) electrons. The van der Waals surface area contributed by atoms with Gasteiger partial charge in [-0.05, 0) is 37.9 Å². The molecule has 0 amide bonds. The van der Waals surface area contributed by atoms with E-state index < -0.39 is 10.0 Å². The van der Waals surface area contributed by atoms with Crippen LogP contribution < -0.4 is 5.14 Å². The molecule has 0 saturated heterocycles. The summed E-state index contributed by atoms with van der Waals surface area (Å²) in [6.07, 6.45) is 0. The second-order valence-corrected chi connectivity index (χ2v) is 7.44. The van der Waals surface area contributed by atoms with Crippen LogP contribution in [-0.4, -0.2) is 23.6 Å². The van der Waals surface area contributed by atoms with Crippen molar-refractivity contribution in [2.75, 3.05) is 0 Å². The van der Waals surface area contributed by atoms with Crippen molar-refractivity contribution in [2.24, 2.45) is 5.14 Å². The van der Waals surface area contributed by atoms with E-state index in [1.165, 1.54) is 11.3 Å². The minimum Gasteiger partial charge on any atom is -0.248 e. The molecular formula is C6H4Br2N4O2S2. The third-order valence-electron chi connectivity index (χ3n) is 1.60. The number of rotatable bonds is 2. The number of sulfonamides is 1. The van der Waals surface area contributed by atoms with Gasteiger partial charge in [0.1, 0.15) is 0 Å². The Labute approximate surface area is 112 Å². The number of primary sulfonamides is 1. The summed E-state index contributed by atoms with van der Waals surface area (Å²) in [5.41, 5.74) is 0. The highest BCUT2D eigenvalue weighted by Gasteiger charge is 2.16. The molecule has 0 saturated carbocycles. The highest BCUT2D eigenvalue weighted by atomic mass is 79.9. The van der Waals surface area contributed by atoms with Crippen molar-refractivity contribution in [1.29, 1.82) is 0 Å². The number of nitrogens with zero attached hydrogens (tertiary/aromatic N) is 2. The molecule has 16 heavy (non-hydrogen) atoms. The van der Waals surface area contributed by atoms with Gasteiger partial charge in [0, 0.05) is 4.47 Å². The Morgan fingerprint density at radius 2 is 2.12 bits per heavy atom. The van der Waals surface area contributed by atoms with Gasteiger partial charge in [0.2, 0.25) is 0 Å². The van der Waals surface area contributed by atoms with Crippen molar-refractivity contribution in [3.63, 3.8) is 0 Å². The van der Waals surface area contributed by atoms with Gasteiger partial charge >= 0.3 is 0 Å². The predicted molar refractivity (Wildman–Crippen MR) is 66.5 cm³/mol. The Bertz CT molecular complexity index is 613. The van der Waals surface area contributed by atoms with Crippen LogP contribution >= 0.6 is 43.2 Å². The number of aromatic amines is 1. The summed E-state index contributed by atoms with van der Waals surface area (Å²) in [6.45, 7) is 0. The second kappa shape index (κ2) is 4.18. The van der Waals surface area contributed by atoms with E-state index in [0.717, 1.165) is 13.1 Å². The van der Waals surface area contributed by atoms with Crippen LogP contribution in [-0.2, 0) is 10.0 Å². The minimum absolute atomic E-state index is 0.292. The van der Waals surface area contributed by atoms with Gasteiger partial charge in [-0.25, -0.2) is 18.7 Å². The van der Waals surface area contributed by atoms with Crippen LogP contribution in [0.2, 0.25) is 0 Å². The van der Waals surface area contributed by atoms with E-state index in [4.69, 9.17) is 5.14 Å². The maximum Gasteiger partial charge on any atom is 0.273 e. The predicted octanol–water partition coefficient (Wildman–Crippen LogP) is 1.71. The monoisotopic (exact) mass is 386 g/mol. The number of nitrogens with two attached hydrogens (primary N) is 1. The van der Waals surface area contributed by atoms with Crippen LogP contribution in [0.4, 0.5) is 0 Å². The van der Waals surface area contributed by atoms with Crippen LogP contribution in [0, 0.1) is 0 Å². The lowest BCUT2D eigenvalue weighted by Gasteiger charge is -1.86. The number of aromatic nitrogens is 3. The molecule has 0 fully saturated rings. The molecule has 0 bridgehead atoms. The summed E-state index contributed by atoms with van der Waals surface area (Å²) in [5, 5.41) is 10.6. The average Bonchev–Trinajstić information content (AvgIpc) is 2.73. The van der Waals surface area contributed by atoms with Crippen LogP contribution in [0.15, 0.2) is 19.5 Å². The fraction of sp³-hybridized carbons (Fsp3) is 0. The van der Waals surface area contributed by atoms with Crippen LogP contribution in [0.1, 0.15) is 0 Å². The molecule has 86 valence electrons.